The lowest BCUT2D eigenvalue weighted by Gasteiger charge is -2.35. The molecule has 2 aromatic heterocycles. The Morgan fingerprint density at radius 2 is 1.40 bits per heavy atom. The molecule has 0 fully saturated rings. The molecule has 1 aliphatic heterocycles. The molecule has 3 heterocycles. The van der Waals surface area contributed by atoms with Crippen LogP contribution in [-0.4, -0.2) is 37.0 Å². The van der Waals surface area contributed by atoms with Gasteiger partial charge in [-0.25, -0.2) is 4.39 Å². The number of amides is 1. The van der Waals surface area contributed by atoms with Crippen LogP contribution >= 0.6 is 0 Å². The van der Waals surface area contributed by atoms with E-state index in [-0.39, 0.29) is 42.9 Å². The van der Waals surface area contributed by atoms with Gasteiger partial charge in [-0.05, 0) is 46.5 Å². The highest BCUT2D eigenvalue weighted by molar-refractivity contribution is 6.01. The third-order valence-corrected chi connectivity index (χ3v) is 8.28. The summed E-state index contributed by atoms with van der Waals surface area (Å²) in [4.78, 5) is 20.7. The Balaban J connectivity index is 1.41. The van der Waals surface area contributed by atoms with E-state index in [1.54, 1.807) is 27.8 Å². The van der Waals surface area contributed by atoms with Crippen LogP contribution < -0.4 is 10.2 Å². The summed E-state index contributed by atoms with van der Waals surface area (Å²) in [5.41, 5.74) is 4.77. The van der Waals surface area contributed by atoms with E-state index < -0.39 is 6.23 Å². The van der Waals surface area contributed by atoms with Crippen molar-refractivity contribution in [2.45, 2.75) is 32.5 Å². The number of β-amino-alcohol motifs (C(OH)–C–C–N with tert-alkyl or cyclic N) is 1. The Morgan fingerprint density at radius 3 is 2.02 bits per heavy atom. The van der Waals surface area contributed by atoms with Gasteiger partial charge in [-0.15, -0.1) is 0 Å². The smallest absolute Gasteiger partial charge is 0.275 e. The topological polar surface area (TPSA) is 83.2 Å². The highest BCUT2D eigenvalue weighted by atomic mass is 19.1. The van der Waals surface area contributed by atoms with E-state index in [0.29, 0.717) is 29.5 Å². The number of aliphatic hydroxyl groups excluding tert-OH is 1. The first-order valence-electron chi connectivity index (χ1n) is 15.8. The number of rotatable bonds is 10. The largest absolute Gasteiger partial charge is 0.484 e. The molecule has 0 saturated carbocycles. The fourth-order valence-corrected chi connectivity index (χ4v) is 5.99. The second-order valence-electron chi connectivity index (χ2n) is 11.7. The summed E-state index contributed by atoms with van der Waals surface area (Å²) in [6.45, 7) is 1.33. The van der Waals surface area contributed by atoms with Gasteiger partial charge in [0.15, 0.2) is 23.2 Å². The number of aromatic nitrogens is 2. The minimum Gasteiger partial charge on any atom is -0.484 e. The second kappa shape index (κ2) is 13.9. The molecule has 1 aliphatic rings. The standard InChI is InChI=1S/C39H34FN5O3/c40-32-20-18-30(19-21-32)23-43-26-34(46)45-36(39(43)47)37(48-27-31-15-8-3-9-16-31)35-33(17-10-22-41-35)38(45)42-44(24-28-11-4-1-5-12-28)25-29-13-6-2-7-14-29/h1-22,34,46H,23-27H2. The number of nitrogens with zero attached hydrogens (tertiary/aromatic N) is 5. The molecule has 1 unspecified atom stereocenters. The van der Waals surface area contributed by atoms with E-state index in [9.17, 15) is 14.3 Å². The molecule has 0 radical (unpaired) electrons. The predicted octanol–water partition coefficient (Wildman–Crippen LogP) is 6.42. The van der Waals surface area contributed by atoms with E-state index in [1.165, 1.54) is 12.1 Å². The number of hydrogen-bond acceptors (Lipinski definition) is 6. The molecule has 4 aromatic carbocycles. The van der Waals surface area contributed by atoms with E-state index in [1.807, 2.05) is 108 Å². The number of benzene rings is 4. The Morgan fingerprint density at radius 1 is 0.792 bits per heavy atom. The molecule has 1 amide bonds. The van der Waals surface area contributed by atoms with Crippen LogP contribution in [0.25, 0.3) is 10.9 Å². The van der Waals surface area contributed by atoms with E-state index >= 15 is 0 Å². The number of aliphatic hydroxyl groups is 1. The summed E-state index contributed by atoms with van der Waals surface area (Å²) in [7, 11) is 0. The zero-order valence-corrected chi connectivity index (χ0v) is 26.2. The monoisotopic (exact) mass is 639 g/mol. The number of halogens is 1. The van der Waals surface area contributed by atoms with Crippen molar-refractivity contribution >= 4 is 16.8 Å². The lowest BCUT2D eigenvalue weighted by atomic mass is 10.1. The zero-order chi connectivity index (χ0) is 32.9. The quantitative estimate of drug-likeness (QED) is 0.175. The Kier molecular flexibility index (Phi) is 8.93. The average Bonchev–Trinajstić information content (AvgIpc) is 3.12. The molecule has 1 N–H and O–H groups in total. The van der Waals surface area contributed by atoms with Crippen LogP contribution in [0.3, 0.4) is 0 Å². The fraction of sp³-hybridized carbons (Fsp3) is 0.154. The second-order valence-corrected chi connectivity index (χ2v) is 11.7. The highest BCUT2D eigenvalue weighted by Gasteiger charge is 2.36. The Labute approximate surface area is 277 Å². The molecular weight excluding hydrogens is 605 g/mol. The molecule has 8 nitrogen and oxygen atoms in total. The summed E-state index contributed by atoms with van der Waals surface area (Å²) in [6, 6.07) is 39.4. The summed E-state index contributed by atoms with van der Waals surface area (Å²) in [5, 5.41) is 19.6. The van der Waals surface area contributed by atoms with Crippen LogP contribution in [0.5, 0.6) is 5.75 Å². The minimum absolute atomic E-state index is 0.00232. The molecule has 0 saturated heterocycles. The number of fused-ring (bicyclic) bond motifs is 2. The lowest BCUT2D eigenvalue weighted by Crippen LogP contribution is -2.48. The van der Waals surface area contributed by atoms with Gasteiger partial charge in [0.25, 0.3) is 5.91 Å². The maximum absolute atomic E-state index is 14.5. The maximum Gasteiger partial charge on any atom is 0.275 e. The first-order valence-corrected chi connectivity index (χ1v) is 15.8. The van der Waals surface area contributed by atoms with E-state index in [2.05, 4.69) is 0 Å². The predicted molar refractivity (Wildman–Crippen MR) is 181 cm³/mol. The van der Waals surface area contributed by atoms with Gasteiger partial charge in [-0.2, -0.15) is 5.10 Å². The fourth-order valence-electron chi connectivity index (χ4n) is 5.99. The lowest BCUT2D eigenvalue weighted by molar-refractivity contribution is 0.0194. The zero-order valence-electron chi connectivity index (χ0n) is 26.2. The van der Waals surface area contributed by atoms with Gasteiger partial charge in [-0.1, -0.05) is 103 Å². The Hall–Kier alpha value is -5.80. The summed E-state index contributed by atoms with van der Waals surface area (Å²) >= 11 is 0. The summed E-state index contributed by atoms with van der Waals surface area (Å²) in [6.07, 6.45) is 0.500. The van der Waals surface area contributed by atoms with Crippen LogP contribution in [0, 0.1) is 5.82 Å². The number of ether oxygens (including phenoxy) is 1. The van der Waals surface area contributed by atoms with E-state index in [4.69, 9.17) is 14.8 Å². The van der Waals surface area contributed by atoms with Gasteiger partial charge in [0.1, 0.15) is 17.9 Å². The van der Waals surface area contributed by atoms with Crippen molar-refractivity contribution in [1.82, 2.24) is 19.5 Å². The van der Waals surface area contributed by atoms with Gasteiger partial charge in [0.2, 0.25) is 0 Å². The third kappa shape index (κ3) is 6.67. The van der Waals surface area contributed by atoms with Crippen LogP contribution in [0.15, 0.2) is 139 Å². The number of carbonyl (C=O) groups is 1. The molecule has 48 heavy (non-hydrogen) atoms. The third-order valence-electron chi connectivity index (χ3n) is 8.28. The van der Waals surface area contributed by atoms with Crippen LogP contribution in [0.4, 0.5) is 4.39 Å². The van der Waals surface area contributed by atoms with Crippen molar-refractivity contribution in [1.29, 1.82) is 0 Å². The van der Waals surface area contributed by atoms with Crippen LogP contribution in [-0.2, 0) is 26.2 Å². The van der Waals surface area contributed by atoms with Gasteiger partial charge < -0.3 is 14.7 Å². The molecule has 0 bridgehead atoms. The minimum atomic E-state index is -1.16. The molecular formula is C39H34FN5O3. The molecule has 0 aliphatic carbocycles. The molecule has 9 heteroatoms. The van der Waals surface area contributed by atoms with Crippen molar-refractivity contribution in [3.05, 3.63) is 173 Å². The van der Waals surface area contributed by atoms with Gasteiger partial charge in [0, 0.05) is 18.1 Å². The number of pyridine rings is 2. The first kappa shape index (κ1) is 30.8. The van der Waals surface area contributed by atoms with Crippen molar-refractivity contribution in [3.8, 4) is 5.75 Å². The average molecular weight is 640 g/mol. The summed E-state index contributed by atoms with van der Waals surface area (Å²) < 4.78 is 21.7. The van der Waals surface area contributed by atoms with Crippen molar-refractivity contribution in [3.63, 3.8) is 0 Å². The SMILES string of the molecule is O=C1c2c(OCc3ccccc3)c3ncccc3c(=NN(Cc3ccccc3)Cc3ccccc3)n2C(O)CN1Cc1ccc(F)cc1. The summed E-state index contributed by atoms with van der Waals surface area (Å²) in [5.74, 6) is -0.450. The first-order chi connectivity index (χ1) is 23.5. The highest BCUT2D eigenvalue weighted by Crippen LogP contribution is 2.33. The van der Waals surface area contributed by atoms with Crippen molar-refractivity contribution in [2.24, 2.45) is 5.10 Å². The van der Waals surface area contributed by atoms with Gasteiger partial charge >= 0.3 is 0 Å². The van der Waals surface area contributed by atoms with Gasteiger partial charge in [-0.3, -0.25) is 19.4 Å². The molecule has 7 rings (SSSR count). The normalized spacial score (nSPS) is 14.6. The Bertz CT molecular complexity index is 2050. The molecule has 6 aromatic rings. The van der Waals surface area contributed by atoms with Crippen LogP contribution in [0.1, 0.15) is 39.0 Å². The number of carbonyl (C=O) groups excluding carboxylic acids is 1. The molecule has 240 valence electrons. The number of hydrogen-bond donors (Lipinski definition) is 1. The van der Waals surface area contributed by atoms with E-state index in [0.717, 1.165) is 22.3 Å². The van der Waals surface area contributed by atoms with Crippen molar-refractivity contribution < 1.29 is 19.0 Å². The molecule has 1 atom stereocenters. The maximum atomic E-state index is 14.5. The van der Waals surface area contributed by atoms with Gasteiger partial charge in [0.05, 0.1) is 19.6 Å². The van der Waals surface area contributed by atoms with Crippen LogP contribution in [0.2, 0.25) is 0 Å². The van der Waals surface area contributed by atoms with Crippen molar-refractivity contribution in [2.75, 3.05) is 6.54 Å². The molecule has 0 spiro atoms.